The van der Waals surface area contributed by atoms with E-state index in [2.05, 4.69) is 5.32 Å². The number of nitrogens with one attached hydrogen (secondary N) is 1. The van der Waals surface area contributed by atoms with Gasteiger partial charge in [-0.15, -0.1) is 11.8 Å². The number of aryl methyl sites for hydroxylation is 1. The largest absolute Gasteiger partial charge is 0.325 e. The van der Waals surface area contributed by atoms with Crippen molar-refractivity contribution >= 4 is 52.5 Å². The lowest BCUT2D eigenvalue weighted by molar-refractivity contribution is -0.121. The molecule has 1 heterocycles. The van der Waals surface area contributed by atoms with Crippen molar-refractivity contribution in [2.45, 2.75) is 18.6 Å². The average Bonchev–Trinajstić information content (AvgIpc) is 2.87. The summed E-state index contributed by atoms with van der Waals surface area (Å²) in [4.78, 5) is 38.1. The van der Waals surface area contributed by atoms with Crippen LogP contribution in [0.15, 0.2) is 48.5 Å². The molecule has 1 aliphatic heterocycles. The van der Waals surface area contributed by atoms with E-state index in [0.717, 1.165) is 5.56 Å². The maximum Gasteiger partial charge on any atom is 0.247 e. The van der Waals surface area contributed by atoms with Crippen molar-refractivity contribution in [3.63, 3.8) is 0 Å². The molecule has 0 saturated carbocycles. The van der Waals surface area contributed by atoms with Crippen LogP contribution in [0.1, 0.15) is 12.0 Å². The van der Waals surface area contributed by atoms with Crippen LogP contribution in [0.2, 0.25) is 5.02 Å². The van der Waals surface area contributed by atoms with E-state index in [4.69, 9.17) is 11.6 Å². The molecule has 2 aromatic rings. The van der Waals surface area contributed by atoms with Gasteiger partial charge in [0.25, 0.3) is 0 Å². The lowest BCUT2D eigenvalue weighted by atomic mass is 10.2. The van der Waals surface area contributed by atoms with E-state index in [9.17, 15) is 14.4 Å². The van der Waals surface area contributed by atoms with Crippen molar-refractivity contribution in [1.29, 1.82) is 0 Å². The smallest absolute Gasteiger partial charge is 0.247 e. The molecule has 1 N–H and O–H groups in total. The second kappa shape index (κ2) is 7.93. The van der Waals surface area contributed by atoms with Crippen molar-refractivity contribution in [2.24, 2.45) is 0 Å². The Bertz CT molecular complexity index is 871. The normalized spacial score (nSPS) is 16.8. The van der Waals surface area contributed by atoms with Gasteiger partial charge in [0, 0.05) is 17.1 Å². The Morgan fingerprint density at radius 2 is 2.00 bits per heavy atom. The van der Waals surface area contributed by atoms with E-state index in [1.165, 1.54) is 16.7 Å². The highest BCUT2D eigenvalue weighted by molar-refractivity contribution is 8.01. The van der Waals surface area contributed by atoms with Crippen LogP contribution in [0.5, 0.6) is 0 Å². The lowest BCUT2D eigenvalue weighted by Gasteiger charge is -2.15. The molecule has 2 aromatic carbocycles. The molecule has 1 aliphatic rings. The number of carbonyl (C=O) groups excluding carboxylic acids is 3. The Kier molecular flexibility index (Phi) is 5.64. The van der Waals surface area contributed by atoms with Gasteiger partial charge in [-0.25, -0.2) is 4.90 Å². The summed E-state index contributed by atoms with van der Waals surface area (Å²) in [5.74, 6) is -0.682. The summed E-state index contributed by atoms with van der Waals surface area (Å²) >= 11 is 7.06. The fourth-order valence-electron chi connectivity index (χ4n) is 2.71. The zero-order chi connectivity index (χ0) is 18.7. The fraction of sp³-hybridized carbons (Fsp3) is 0.211. The maximum absolute atomic E-state index is 12.6. The number of thioether (sulfide) groups is 1. The van der Waals surface area contributed by atoms with Crippen LogP contribution in [0.3, 0.4) is 0 Å². The molecule has 3 amide bonds. The van der Waals surface area contributed by atoms with Gasteiger partial charge in [0.05, 0.1) is 16.7 Å². The number of rotatable bonds is 5. The number of amides is 3. The zero-order valence-electron chi connectivity index (χ0n) is 14.1. The van der Waals surface area contributed by atoms with Crippen molar-refractivity contribution in [3.8, 4) is 0 Å². The first-order valence-corrected chi connectivity index (χ1v) is 9.47. The molecule has 7 heteroatoms. The molecule has 3 rings (SSSR count). The van der Waals surface area contributed by atoms with Gasteiger partial charge in [0.15, 0.2) is 0 Å². The molecule has 0 aliphatic carbocycles. The molecule has 5 nitrogen and oxygen atoms in total. The Morgan fingerprint density at radius 1 is 1.23 bits per heavy atom. The van der Waals surface area contributed by atoms with Crippen molar-refractivity contribution in [1.82, 2.24) is 0 Å². The van der Waals surface area contributed by atoms with Gasteiger partial charge < -0.3 is 5.32 Å². The van der Waals surface area contributed by atoms with Gasteiger partial charge in [0.1, 0.15) is 0 Å². The molecule has 0 unspecified atom stereocenters. The molecule has 1 saturated heterocycles. The number of anilines is 2. The molecule has 0 aromatic heterocycles. The molecule has 1 atom stereocenters. The molecular formula is C19H17ClN2O3S. The van der Waals surface area contributed by atoms with Gasteiger partial charge in [-0.05, 0) is 42.8 Å². The lowest BCUT2D eigenvalue weighted by Crippen LogP contribution is -2.31. The van der Waals surface area contributed by atoms with Crippen LogP contribution < -0.4 is 10.2 Å². The summed E-state index contributed by atoms with van der Waals surface area (Å²) in [5.41, 5.74) is 2.14. The summed E-state index contributed by atoms with van der Waals surface area (Å²) in [6.07, 6.45) is 0.0991. The molecule has 134 valence electrons. The first kappa shape index (κ1) is 18.5. The van der Waals surface area contributed by atoms with Gasteiger partial charge in [0.2, 0.25) is 17.7 Å². The molecular weight excluding hydrogens is 372 g/mol. The van der Waals surface area contributed by atoms with E-state index in [-0.39, 0.29) is 29.9 Å². The quantitative estimate of drug-likeness (QED) is 0.794. The van der Waals surface area contributed by atoms with Crippen LogP contribution in [0.4, 0.5) is 11.4 Å². The summed E-state index contributed by atoms with van der Waals surface area (Å²) in [5, 5.41) is 2.71. The highest BCUT2D eigenvalue weighted by atomic mass is 35.5. The summed E-state index contributed by atoms with van der Waals surface area (Å²) in [7, 11) is 0. The third-order valence-electron chi connectivity index (χ3n) is 3.89. The second-order valence-electron chi connectivity index (χ2n) is 5.97. The summed E-state index contributed by atoms with van der Waals surface area (Å²) in [6.45, 7) is 1.90. The minimum Gasteiger partial charge on any atom is -0.325 e. The van der Waals surface area contributed by atoms with Gasteiger partial charge in [-0.2, -0.15) is 0 Å². The Hall–Kier alpha value is -2.31. The third kappa shape index (κ3) is 4.26. The topological polar surface area (TPSA) is 66.5 Å². The molecule has 1 fully saturated rings. The van der Waals surface area contributed by atoms with E-state index in [1.54, 1.807) is 36.4 Å². The molecule has 0 spiro atoms. The number of hydrogen-bond acceptors (Lipinski definition) is 4. The number of benzene rings is 2. The van der Waals surface area contributed by atoms with Crippen molar-refractivity contribution < 1.29 is 14.4 Å². The minimum absolute atomic E-state index is 0.0812. The minimum atomic E-state index is -0.548. The predicted molar refractivity (Wildman–Crippen MR) is 105 cm³/mol. The SMILES string of the molecule is Cc1cccc(N2C(=O)C[C@@H](SCC(=O)Nc3cccc(Cl)c3)C2=O)c1. The van der Waals surface area contributed by atoms with E-state index >= 15 is 0 Å². The monoisotopic (exact) mass is 388 g/mol. The van der Waals surface area contributed by atoms with Crippen molar-refractivity contribution in [3.05, 3.63) is 59.1 Å². The molecule has 26 heavy (non-hydrogen) atoms. The first-order valence-electron chi connectivity index (χ1n) is 8.04. The Labute approximate surface area is 160 Å². The van der Waals surface area contributed by atoms with Crippen LogP contribution >= 0.6 is 23.4 Å². The number of nitrogens with zero attached hydrogens (tertiary/aromatic N) is 1. The summed E-state index contributed by atoms with van der Waals surface area (Å²) < 4.78 is 0. The number of hydrogen-bond donors (Lipinski definition) is 1. The van der Waals surface area contributed by atoms with Crippen LogP contribution in [-0.4, -0.2) is 28.7 Å². The summed E-state index contributed by atoms with van der Waals surface area (Å²) in [6, 6.07) is 14.1. The van der Waals surface area contributed by atoms with E-state index < -0.39 is 5.25 Å². The Balaban J connectivity index is 1.60. The Morgan fingerprint density at radius 3 is 2.73 bits per heavy atom. The van der Waals surface area contributed by atoms with Gasteiger partial charge >= 0.3 is 0 Å². The van der Waals surface area contributed by atoms with E-state index in [0.29, 0.717) is 16.4 Å². The molecule has 0 bridgehead atoms. The third-order valence-corrected chi connectivity index (χ3v) is 5.32. The number of halogens is 1. The second-order valence-corrected chi connectivity index (χ2v) is 7.60. The van der Waals surface area contributed by atoms with Crippen LogP contribution in [0.25, 0.3) is 0 Å². The standard InChI is InChI=1S/C19H17ClN2O3S/c1-12-4-2-7-15(8-12)22-18(24)10-16(19(22)25)26-11-17(23)21-14-6-3-5-13(20)9-14/h2-9,16H,10-11H2,1H3,(H,21,23)/t16-/m1/s1. The van der Waals surface area contributed by atoms with Gasteiger partial charge in [-0.1, -0.05) is 29.8 Å². The van der Waals surface area contributed by atoms with Crippen LogP contribution in [0, 0.1) is 6.92 Å². The van der Waals surface area contributed by atoms with E-state index in [1.807, 2.05) is 19.1 Å². The predicted octanol–water partition coefficient (Wildman–Crippen LogP) is 3.65. The number of carbonyl (C=O) groups is 3. The number of imide groups is 1. The average molecular weight is 389 g/mol. The first-order chi connectivity index (χ1) is 12.4. The van der Waals surface area contributed by atoms with Gasteiger partial charge in [-0.3, -0.25) is 14.4 Å². The highest BCUT2D eigenvalue weighted by Gasteiger charge is 2.40. The van der Waals surface area contributed by atoms with Crippen LogP contribution in [-0.2, 0) is 14.4 Å². The highest BCUT2D eigenvalue weighted by Crippen LogP contribution is 2.30. The zero-order valence-corrected chi connectivity index (χ0v) is 15.6. The van der Waals surface area contributed by atoms with Crippen molar-refractivity contribution in [2.75, 3.05) is 16.0 Å². The fourth-order valence-corrected chi connectivity index (χ4v) is 3.84. The maximum atomic E-state index is 12.6. The molecule has 0 radical (unpaired) electrons.